The third-order valence-corrected chi connectivity index (χ3v) is 6.46. The minimum absolute atomic E-state index is 0.138. The first-order valence-corrected chi connectivity index (χ1v) is 13.2. The fraction of sp³-hybridized carbons (Fsp3) is 0.960. The fourth-order valence-electron chi connectivity index (χ4n) is 4.16. The van der Waals surface area contributed by atoms with Gasteiger partial charge in [-0.1, -0.05) is 78.1 Å². The summed E-state index contributed by atoms with van der Waals surface area (Å²) < 4.78 is 11.0. The SMILES string of the molecule is CCCCCCCCC(O)C(COC1OC(CO)C(O)C(O)C1O)NC(=O)CCCCCCC. The van der Waals surface area contributed by atoms with E-state index in [0.717, 1.165) is 51.4 Å². The molecule has 1 amide bonds. The number of nitrogens with one attached hydrogen (secondary N) is 1. The van der Waals surface area contributed by atoms with Crippen LogP contribution in [0.5, 0.6) is 0 Å². The Balaban J connectivity index is 2.62. The summed E-state index contributed by atoms with van der Waals surface area (Å²) in [5.74, 6) is -0.166. The van der Waals surface area contributed by atoms with Gasteiger partial charge in [0.15, 0.2) is 6.29 Å². The Labute approximate surface area is 204 Å². The van der Waals surface area contributed by atoms with Crippen molar-refractivity contribution in [3.05, 3.63) is 0 Å². The van der Waals surface area contributed by atoms with Gasteiger partial charge in [0.1, 0.15) is 24.4 Å². The molecule has 1 aliphatic heterocycles. The zero-order chi connectivity index (χ0) is 25.3. The molecule has 0 aliphatic carbocycles. The molecule has 7 atom stereocenters. The lowest BCUT2D eigenvalue weighted by molar-refractivity contribution is -0.302. The zero-order valence-corrected chi connectivity index (χ0v) is 21.1. The molecule has 1 fully saturated rings. The summed E-state index contributed by atoms with van der Waals surface area (Å²) >= 11 is 0. The van der Waals surface area contributed by atoms with E-state index in [1.165, 1.54) is 19.3 Å². The van der Waals surface area contributed by atoms with Gasteiger partial charge in [0.25, 0.3) is 0 Å². The predicted molar refractivity (Wildman–Crippen MR) is 129 cm³/mol. The Morgan fingerprint density at radius 3 is 2.09 bits per heavy atom. The largest absolute Gasteiger partial charge is 0.394 e. The molecule has 1 aliphatic rings. The Hall–Kier alpha value is -0.810. The lowest BCUT2D eigenvalue weighted by Gasteiger charge is -2.40. The summed E-state index contributed by atoms with van der Waals surface area (Å²) in [4.78, 5) is 12.5. The van der Waals surface area contributed by atoms with Crippen LogP contribution in [-0.4, -0.2) is 87.5 Å². The summed E-state index contributed by atoms with van der Waals surface area (Å²) in [5.41, 5.74) is 0. The number of carbonyl (C=O) groups excluding carboxylic acids is 1. The molecule has 9 heteroatoms. The maximum absolute atomic E-state index is 12.5. The van der Waals surface area contributed by atoms with Crippen LogP contribution in [0.3, 0.4) is 0 Å². The lowest BCUT2D eigenvalue weighted by atomic mass is 9.99. The molecule has 6 N–H and O–H groups in total. The molecule has 0 aromatic heterocycles. The highest BCUT2D eigenvalue weighted by Gasteiger charge is 2.44. The molecule has 1 saturated heterocycles. The molecule has 0 aromatic carbocycles. The van der Waals surface area contributed by atoms with E-state index in [0.29, 0.717) is 12.8 Å². The standard InChI is InChI=1S/C25H49NO8/c1-3-5-7-9-11-12-14-19(28)18(26-21(29)15-13-10-8-6-4-2)17-33-25-24(32)23(31)22(30)20(16-27)34-25/h18-20,22-25,27-28,30-32H,3-17H2,1-2H3,(H,26,29). The Morgan fingerprint density at radius 2 is 1.47 bits per heavy atom. The van der Waals surface area contributed by atoms with Crippen LogP contribution in [0.15, 0.2) is 0 Å². The summed E-state index contributed by atoms with van der Waals surface area (Å²) in [7, 11) is 0. The van der Waals surface area contributed by atoms with Crippen LogP contribution in [0.25, 0.3) is 0 Å². The topological polar surface area (TPSA) is 149 Å². The average Bonchev–Trinajstić information content (AvgIpc) is 2.83. The number of amides is 1. The van der Waals surface area contributed by atoms with Gasteiger partial charge in [-0.3, -0.25) is 4.79 Å². The molecule has 0 spiro atoms. The van der Waals surface area contributed by atoms with Gasteiger partial charge in [-0.05, 0) is 12.8 Å². The molecule has 0 aromatic rings. The molecule has 34 heavy (non-hydrogen) atoms. The van der Waals surface area contributed by atoms with Crippen molar-refractivity contribution in [2.45, 2.75) is 140 Å². The van der Waals surface area contributed by atoms with Gasteiger partial charge in [-0.25, -0.2) is 0 Å². The summed E-state index contributed by atoms with van der Waals surface area (Å²) in [6.45, 7) is 3.61. The maximum Gasteiger partial charge on any atom is 0.220 e. The van der Waals surface area contributed by atoms with Gasteiger partial charge in [0.05, 0.1) is 25.4 Å². The monoisotopic (exact) mass is 491 g/mol. The number of hydrogen-bond donors (Lipinski definition) is 6. The predicted octanol–water partition coefficient (Wildman–Crippen LogP) is 1.76. The van der Waals surface area contributed by atoms with E-state index in [-0.39, 0.29) is 12.5 Å². The number of ether oxygens (including phenoxy) is 2. The van der Waals surface area contributed by atoms with E-state index in [1.807, 2.05) is 0 Å². The van der Waals surface area contributed by atoms with Crippen molar-refractivity contribution in [2.75, 3.05) is 13.2 Å². The van der Waals surface area contributed by atoms with Crippen molar-refractivity contribution >= 4 is 5.91 Å². The molecule has 1 rings (SSSR count). The van der Waals surface area contributed by atoms with Crippen molar-refractivity contribution < 1.29 is 39.8 Å². The summed E-state index contributed by atoms with van der Waals surface area (Å²) in [6, 6.07) is -0.703. The van der Waals surface area contributed by atoms with Crippen LogP contribution < -0.4 is 5.32 Å². The first-order valence-electron chi connectivity index (χ1n) is 13.2. The molecule has 202 valence electrons. The van der Waals surface area contributed by atoms with E-state index < -0.39 is 49.5 Å². The zero-order valence-electron chi connectivity index (χ0n) is 21.1. The van der Waals surface area contributed by atoms with Crippen LogP contribution in [-0.2, 0) is 14.3 Å². The van der Waals surface area contributed by atoms with Crippen LogP contribution in [0.1, 0.15) is 97.3 Å². The van der Waals surface area contributed by atoms with Crippen LogP contribution in [0.2, 0.25) is 0 Å². The Morgan fingerprint density at radius 1 is 0.882 bits per heavy atom. The van der Waals surface area contributed by atoms with Crippen molar-refractivity contribution in [3.63, 3.8) is 0 Å². The lowest BCUT2D eigenvalue weighted by Crippen LogP contribution is -2.60. The summed E-state index contributed by atoms with van der Waals surface area (Å²) in [6.07, 6.45) is 4.73. The number of unbranched alkanes of at least 4 members (excludes halogenated alkanes) is 9. The normalized spacial score (nSPS) is 26.9. The smallest absolute Gasteiger partial charge is 0.220 e. The number of aliphatic hydroxyl groups is 5. The second-order valence-corrected chi connectivity index (χ2v) is 9.49. The number of carbonyl (C=O) groups is 1. The van der Waals surface area contributed by atoms with E-state index in [2.05, 4.69) is 19.2 Å². The number of aliphatic hydroxyl groups excluding tert-OH is 5. The molecule has 0 radical (unpaired) electrons. The number of rotatable bonds is 19. The van der Waals surface area contributed by atoms with Gasteiger partial charge in [-0.15, -0.1) is 0 Å². The molecule has 9 nitrogen and oxygen atoms in total. The minimum atomic E-state index is -1.54. The van der Waals surface area contributed by atoms with Gasteiger partial charge in [-0.2, -0.15) is 0 Å². The second kappa shape index (κ2) is 18.5. The molecule has 7 unspecified atom stereocenters. The van der Waals surface area contributed by atoms with Crippen molar-refractivity contribution in [1.82, 2.24) is 5.32 Å². The van der Waals surface area contributed by atoms with Crippen LogP contribution in [0.4, 0.5) is 0 Å². The molecule has 1 heterocycles. The first kappa shape index (κ1) is 31.2. The van der Waals surface area contributed by atoms with Crippen molar-refractivity contribution in [2.24, 2.45) is 0 Å². The highest BCUT2D eigenvalue weighted by molar-refractivity contribution is 5.76. The Kier molecular flexibility index (Phi) is 16.9. The van der Waals surface area contributed by atoms with Gasteiger partial charge >= 0.3 is 0 Å². The first-order chi connectivity index (χ1) is 16.3. The Bertz CT molecular complexity index is 521. The molecular formula is C25H49NO8. The van der Waals surface area contributed by atoms with Crippen molar-refractivity contribution in [3.8, 4) is 0 Å². The van der Waals surface area contributed by atoms with Crippen molar-refractivity contribution in [1.29, 1.82) is 0 Å². The number of hydrogen-bond acceptors (Lipinski definition) is 8. The third-order valence-electron chi connectivity index (χ3n) is 6.46. The van der Waals surface area contributed by atoms with E-state index >= 15 is 0 Å². The van der Waals surface area contributed by atoms with E-state index in [1.54, 1.807) is 0 Å². The van der Waals surface area contributed by atoms with Crippen LogP contribution >= 0.6 is 0 Å². The minimum Gasteiger partial charge on any atom is -0.394 e. The maximum atomic E-state index is 12.5. The van der Waals surface area contributed by atoms with E-state index in [9.17, 15) is 30.3 Å². The third kappa shape index (κ3) is 11.7. The van der Waals surface area contributed by atoms with Crippen LogP contribution in [0, 0.1) is 0 Å². The van der Waals surface area contributed by atoms with Gasteiger partial charge in [0.2, 0.25) is 5.91 Å². The average molecular weight is 492 g/mol. The molecule has 0 bridgehead atoms. The summed E-state index contributed by atoms with van der Waals surface area (Å²) in [5, 5.41) is 53.0. The quantitative estimate of drug-likeness (QED) is 0.150. The van der Waals surface area contributed by atoms with Gasteiger partial charge < -0.3 is 40.3 Å². The highest BCUT2D eigenvalue weighted by atomic mass is 16.7. The second-order valence-electron chi connectivity index (χ2n) is 9.49. The molecular weight excluding hydrogens is 442 g/mol. The fourth-order valence-corrected chi connectivity index (χ4v) is 4.16. The molecule has 0 saturated carbocycles. The van der Waals surface area contributed by atoms with Gasteiger partial charge in [0, 0.05) is 6.42 Å². The highest BCUT2D eigenvalue weighted by Crippen LogP contribution is 2.22. The van der Waals surface area contributed by atoms with E-state index in [4.69, 9.17) is 9.47 Å².